The molecule has 5 nitrogen and oxygen atoms in total. The monoisotopic (exact) mass is 465 g/mol. The molecule has 0 aromatic heterocycles. The van der Waals surface area contributed by atoms with Gasteiger partial charge in [0.1, 0.15) is 10.7 Å². The van der Waals surface area contributed by atoms with Gasteiger partial charge in [-0.2, -0.15) is 0 Å². The SMILES string of the molecule is CCN1C(=O)C(=C2Sc3ccc(OC)cc3N2C)SC1=Nc1ccc(Cl)c(Cl)c1. The van der Waals surface area contributed by atoms with E-state index in [0.29, 0.717) is 32.4 Å². The molecule has 0 unspecified atom stereocenters. The van der Waals surface area contributed by atoms with Crippen LogP contribution in [-0.4, -0.2) is 36.7 Å². The van der Waals surface area contributed by atoms with E-state index in [0.717, 1.165) is 21.4 Å². The third-order valence-electron chi connectivity index (χ3n) is 4.54. The first-order valence-electron chi connectivity index (χ1n) is 8.80. The van der Waals surface area contributed by atoms with Gasteiger partial charge < -0.3 is 9.64 Å². The minimum Gasteiger partial charge on any atom is -0.497 e. The lowest BCUT2D eigenvalue weighted by Crippen LogP contribution is -2.29. The Hall–Kier alpha value is -1.80. The number of thioether (sulfide) groups is 2. The summed E-state index contributed by atoms with van der Waals surface area (Å²) in [4.78, 5) is 23.2. The molecule has 2 aliphatic rings. The number of benzene rings is 2. The molecule has 0 saturated carbocycles. The molecule has 1 fully saturated rings. The number of fused-ring (bicyclic) bond motifs is 1. The van der Waals surface area contributed by atoms with Gasteiger partial charge in [-0.3, -0.25) is 9.69 Å². The maximum Gasteiger partial charge on any atom is 0.269 e. The van der Waals surface area contributed by atoms with E-state index >= 15 is 0 Å². The van der Waals surface area contributed by atoms with Gasteiger partial charge in [0.25, 0.3) is 5.91 Å². The van der Waals surface area contributed by atoms with Crippen molar-refractivity contribution in [2.45, 2.75) is 11.8 Å². The van der Waals surface area contributed by atoms with Crippen LogP contribution >= 0.6 is 46.7 Å². The molecule has 0 radical (unpaired) electrons. The second-order valence-corrected chi connectivity index (χ2v) is 9.10. The van der Waals surface area contributed by atoms with Crippen LogP contribution in [0.15, 0.2) is 56.2 Å². The van der Waals surface area contributed by atoms with Gasteiger partial charge in [0.05, 0.1) is 33.6 Å². The predicted octanol–water partition coefficient (Wildman–Crippen LogP) is 6.00. The number of amidine groups is 1. The highest BCUT2D eigenvalue weighted by atomic mass is 35.5. The Morgan fingerprint density at radius 2 is 1.90 bits per heavy atom. The summed E-state index contributed by atoms with van der Waals surface area (Å²) < 4.78 is 5.33. The van der Waals surface area contributed by atoms with Crippen molar-refractivity contribution in [3.8, 4) is 5.75 Å². The number of halogens is 2. The lowest BCUT2D eigenvalue weighted by Gasteiger charge is -2.15. The zero-order valence-electron chi connectivity index (χ0n) is 15.9. The Morgan fingerprint density at radius 3 is 2.59 bits per heavy atom. The quantitative estimate of drug-likeness (QED) is 0.520. The molecule has 2 aromatic rings. The Labute approximate surface area is 187 Å². The van der Waals surface area contributed by atoms with Gasteiger partial charge in [0.2, 0.25) is 0 Å². The van der Waals surface area contributed by atoms with E-state index in [1.807, 2.05) is 37.1 Å². The molecule has 0 N–H and O–H groups in total. The van der Waals surface area contributed by atoms with Gasteiger partial charge in [-0.15, -0.1) is 0 Å². The molecular formula is C20H17Cl2N3O2S2. The molecule has 0 bridgehead atoms. The van der Waals surface area contributed by atoms with Crippen LogP contribution in [0, 0.1) is 0 Å². The maximum absolute atomic E-state index is 13.1. The molecule has 0 atom stereocenters. The number of methoxy groups -OCH3 is 1. The number of likely N-dealkylation sites (N-methyl/N-ethyl adjacent to an activating group) is 1. The topological polar surface area (TPSA) is 45.1 Å². The molecule has 2 heterocycles. The molecule has 4 rings (SSSR count). The molecule has 2 aromatic carbocycles. The second kappa shape index (κ2) is 8.14. The van der Waals surface area contributed by atoms with E-state index in [9.17, 15) is 4.79 Å². The third-order valence-corrected chi connectivity index (χ3v) is 7.71. The predicted molar refractivity (Wildman–Crippen MR) is 123 cm³/mol. The number of anilines is 1. The number of ether oxygens (including phenoxy) is 1. The fraction of sp³-hybridized carbons (Fsp3) is 0.200. The van der Waals surface area contributed by atoms with Crippen LogP contribution in [0.5, 0.6) is 5.75 Å². The minimum atomic E-state index is -0.0505. The van der Waals surface area contributed by atoms with Crippen molar-refractivity contribution in [2.75, 3.05) is 25.6 Å². The zero-order valence-corrected chi connectivity index (χ0v) is 19.0. The first kappa shape index (κ1) is 20.5. The number of nitrogens with zero attached hydrogens (tertiary/aromatic N) is 3. The molecule has 29 heavy (non-hydrogen) atoms. The summed E-state index contributed by atoms with van der Waals surface area (Å²) in [7, 11) is 3.60. The first-order valence-corrected chi connectivity index (χ1v) is 11.2. The summed E-state index contributed by atoms with van der Waals surface area (Å²) in [5.74, 6) is 0.732. The summed E-state index contributed by atoms with van der Waals surface area (Å²) >= 11 is 15.1. The van der Waals surface area contributed by atoms with Crippen LogP contribution in [0.25, 0.3) is 0 Å². The van der Waals surface area contributed by atoms with Crippen molar-refractivity contribution in [1.82, 2.24) is 4.90 Å². The number of carbonyl (C=O) groups is 1. The van der Waals surface area contributed by atoms with Crippen molar-refractivity contribution in [2.24, 2.45) is 4.99 Å². The summed E-state index contributed by atoms with van der Waals surface area (Å²) in [5, 5.41) is 2.42. The normalized spacial score (nSPS) is 20.0. The van der Waals surface area contributed by atoms with E-state index in [-0.39, 0.29) is 5.91 Å². The van der Waals surface area contributed by atoms with Gasteiger partial charge in [0.15, 0.2) is 5.17 Å². The van der Waals surface area contributed by atoms with Crippen LogP contribution in [-0.2, 0) is 4.79 Å². The molecule has 1 saturated heterocycles. The van der Waals surface area contributed by atoms with Crippen LogP contribution in [0.1, 0.15) is 6.92 Å². The highest BCUT2D eigenvalue weighted by molar-refractivity contribution is 8.19. The molecule has 1 amide bonds. The second-order valence-electron chi connectivity index (χ2n) is 6.27. The van der Waals surface area contributed by atoms with Crippen LogP contribution in [0.4, 0.5) is 11.4 Å². The fourth-order valence-corrected chi connectivity index (χ4v) is 5.69. The molecule has 150 valence electrons. The van der Waals surface area contributed by atoms with Crippen molar-refractivity contribution in [3.05, 3.63) is 56.4 Å². The van der Waals surface area contributed by atoms with Crippen LogP contribution in [0.2, 0.25) is 10.0 Å². The van der Waals surface area contributed by atoms with Crippen LogP contribution in [0.3, 0.4) is 0 Å². The summed E-state index contributed by atoms with van der Waals surface area (Å²) in [6, 6.07) is 11.1. The maximum atomic E-state index is 13.1. The van der Waals surface area contributed by atoms with Crippen molar-refractivity contribution in [1.29, 1.82) is 0 Å². The van der Waals surface area contributed by atoms with E-state index in [2.05, 4.69) is 4.99 Å². The average Bonchev–Trinajstić information content (AvgIpc) is 3.20. The number of amides is 1. The summed E-state index contributed by atoms with van der Waals surface area (Å²) in [6.07, 6.45) is 0. The Bertz CT molecular complexity index is 1070. The largest absolute Gasteiger partial charge is 0.497 e. The Morgan fingerprint density at radius 1 is 1.10 bits per heavy atom. The number of hydrogen-bond donors (Lipinski definition) is 0. The smallest absolute Gasteiger partial charge is 0.269 e. The molecule has 0 aliphatic carbocycles. The lowest BCUT2D eigenvalue weighted by atomic mass is 10.3. The highest BCUT2D eigenvalue weighted by Gasteiger charge is 2.38. The number of rotatable bonds is 3. The molecule has 9 heteroatoms. The standard InChI is InChI=1S/C20H17Cl2N3O2S2/c1-4-25-18(26)17(29-20(25)23-11-5-7-13(21)14(22)9-11)19-24(2)15-10-12(27-3)6-8-16(15)28-19/h5-10H,4H2,1-3H3. The van der Waals surface area contributed by atoms with Crippen molar-refractivity contribution in [3.63, 3.8) is 0 Å². The van der Waals surface area contributed by atoms with E-state index in [1.54, 1.807) is 42.0 Å². The number of hydrogen-bond acceptors (Lipinski definition) is 6. The van der Waals surface area contributed by atoms with Crippen molar-refractivity contribution < 1.29 is 9.53 Å². The van der Waals surface area contributed by atoms with Gasteiger partial charge in [0, 0.05) is 24.6 Å². The fourth-order valence-electron chi connectivity index (χ4n) is 3.01. The van der Waals surface area contributed by atoms with Gasteiger partial charge in [-0.1, -0.05) is 35.0 Å². The van der Waals surface area contributed by atoms with E-state index in [4.69, 9.17) is 27.9 Å². The van der Waals surface area contributed by atoms with Gasteiger partial charge in [-0.25, -0.2) is 4.99 Å². The van der Waals surface area contributed by atoms with E-state index < -0.39 is 0 Å². The highest BCUT2D eigenvalue weighted by Crippen LogP contribution is 2.51. The Balaban J connectivity index is 1.71. The van der Waals surface area contributed by atoms with Gasteiger partial charge in [-0.05, 0) is 49.0 Å². The number of carbonyl (C=O) groups excluding carboxylic acids is 1. The summed E-state index contributed by atoms with van der Waals surface area (Å²) in [5.41, 5.74) is 1.67. The lowest BCUT2D eigenvalue weighted by molar-refractivity contribution is -0.122. The molecular weight excluding hydrogens is 449 g/mol. The van der Waals surface area contributed by atoms with Gasteiger partial charge >= 0.3 is 0 Å². The third kappa shape index (κ3) is 3.72. The zero-order chi connectivity index (χ0) is 20.7. The first-order chi connectivity index (χ1) is 13.9. The van der Waals surface area contributed by atoms with Crippen molar-refractivity contribution >= 4 is 69.2 Å². The van der Waals surface area contributed by atoms with E-state index in [1.165, 1.54) is 11.8 Å². The van der Waals surface area contributed by atoms with Crippen LogP contribution < -0.4 is 9.64 Å². The Kier molecular flexibility index (Phi) is 5.75. The average molecular weight is 466 g/mol. The molecule has 0 spiro atoms. The number of aliphatic imine (C=N–C) groups is 1. The minimum absolute atomic E-state index is 0.0505. The molecule has 2 aliphatic heterocycles. The summed E-state index contributed by atoms with van der Waals surface area (Å²) in [6.45, 7) is 2.46.